The molecule has 110 valence electrons. The van der Waals surface area contributed by atoms with Gasteiger partial charge in [0, 0.05) is 12.5 Å². The van der Waals surface area contributed by atoms with Gasteiger partial charge in [0.25, 0.3) is 0 Å². The molecule has 2 fully saturated rings. The fourth-order valence-electron chi connectivity index (χ4n) is 2.98. The fourth-order valence-corrected chi connectivity index (χ4v) is 2.98. The van der Waals surface area contributed by atoms with Crippen molar-refractivity contribution < 1.29 is 9.21 Å². The molecule has 1 aliphatic carbocycles. The van der Waals surface area contributed by atoms with Crippen LogP contribution >= 0.6 is 0 Å². The molecule has 4 heteroatoms. The van der Waals surface area contributed by atoms with Crippen LogP contribution in [-0.4, -0.2) is 29.9 Å². The van der Waals surface area contributed by atoms with Gasteiger partial charge >= 0.3 is 0 Å². The molecular weight excluding hydrogens is 252 g/mol. The van der Waals surface area contributed by atoms with Crippen molar-refractivity contribution in [3.8, 4) is 0 Å². The topological polar surface area (TPSA) is 45.5 Å². The van der Waals surface area contributed by atoms with Crippen LogP contribution in [0.25, 0.3) is 0 Å². The molecule has 2 heterocycles. The van der Waals surface area contributed by atoms with E-state index in [0.717, 1.165) is 43.9 Å². The lowest BCUT2D eigenvalue weighted by Gasteiger charge is -2.22. The fraction of sp³-hybridized carbons (Fsp3) is 0.688. The van der Waals surface area contributed by atoms with Crippen LogP contribution in [-0.2, 0) is 11.3 Å². The molecule has 0 radical (unpaired) electrons. The monoisotopic (exact) mass is 276 g/mol. The molecule has 0 spiro atoms. The largest absolute Gasteiger partial charge is 0.464 e. The number of nitrogens with one attached hydrogen (secondary N) is 1. The minimum atomic E-state index is 0.299. The molecule has 1 saturated carbocycles. The minimum absolute atomic E-state index is 0.299. The van der Waals surface area contributed by atoms with Gasteiger partial charge in [-0.05, 0) is 63.7 Å². The number of amides is 1. The van der Waals surface area contributed by atoms with Crippen LogP contribution in [0, 0.1) is 12.8 Å². The molecule has 1 atom stereocenters. The highest BCUT2D eigenvalue weighted by molar-refractivity contribution is 5.76. The Balaban J connectivity index is 1.54. The summed E-state index contributed by atoms with van der Waals surface area (Å²) in [7, 11) is 0. The summed E-state index contributed by atoms with van der Waals surface area (Å²) in [6.07, 6.45) is 5.22. The van der Waals surface area contributed by atoms with Crippen LogP contribution in [0.3, 0.4) is 0 Å². The number of hydrogen-bond donors (Lipinski definition) is 1. The van der Waals surface area contributed by atoms with E-state index in [0.29, 0.717) is 30.8 Å². The van der Waals surface area contributed by atoms with Gasteiger partial charge in [-0.3, -0.25) is 4.79 Å². The molecule has 0 bridgehead atoms. The maximum atomic E-state index is 12.5. The maximum absolute atomic E-state index is 12.5. The standard InChI is InChI=1S/C16H24N2O2/c1-12-2-6-15(20-12)11-18(14-4-5-14)16(19)7-3-13-8-9-17-10-13/h2,6,13-14,17H,3-5,7-11H2,1H3. The summed E-state index contributed by atoms with van der Waals surface area (Å²) in [5, 5.41) is 3.36. The lowest BCUT2D eigenvalue weighted by molar-refractivity contribution is -0.133. The van der Waals surface area contributed by atoms with Crippen LogP contribution in [0.2, 0.25) is 0 Å². The van der Waals surface area contributed by atoms with Crippen molar-refractivity contribution in [2.45, 2.75) is 51.6 Å². The Morgan fingerprint density at radius 2 is 2.25 bits per heavy atom. The van der Waals surface area contributed by atoms with E-state index in [9.17, 15) is 4.79 Å². The van der Waals surface area contributed by atoms with Crippen molar-refractivity contribution in [2.75, 3.05) is 13.1 Å². The van der Waals surface area contributed by atoms with Crippen LogP contribution in [0.4, 0.5) is 0 Å². The highest BCUT2D eigenvalue weighted by atomic mass is 16.3. The van der Waals surface area contributed by atoms with Gasteiger partial charge in [-0.1, -0.05) is 0 Å². The Morgan fingerprint density at radius 1 is 1.40 bits per heavy atom. The molecule has 0 aromatic carbocycles. The summed E-state index contributed by atoms with van der Waals surface area (Å²) in [4.78, 5) is 14.5. The summed E-state index contributed by atoms with van der Waals surface area (Å²) in [5.41, 5.74) is 0. The third kappa shape index (κ3) is 3.42. The van der Waals surface area contributed by atoms with Crippen LogP contribution in [0.1, 0.15) is 43.6 Å². The maximum Gasteiger partial charge on any atom is 0.223 e. The molecule has 1 aromatic rings. The molecule has 1 unspecified atom stereocenters. The highest BCUT2D eigenvalue weighted by Crippen LogP contribution is 2.30. The Kier molecular flexibility index (Phi) is 4.10. The Labute approximate surface area is 120 Å². The van der Waals surface area contributed by atoms with Gasteiger partial charge < -0.3 is 14.6 Å². The average Bonchev–Trinajstić information content (AvgIpc) is 2.97. The zero-order valence-corrected chi connectivity index (χ0v) is 12.2. The number of nitrogens with zero attached hydrogens (tertiary/aromatic N) is 1. The smallest absolute Gasteiger partial charge is 0.223 e. The molecule has 20 heavy (non-hydrogen) atoms. The first-order valence-corrected chi connectivity index (χ1v) is 7.78. The SMILES string of the molecule is Cc1ccc(CN(C(=O)CCC2CCNC2)C2CC2)o1. The van der Waals surface area contributed by atoms with E-state index in [-0.39, 0.29) is 0 Å². The summed E-state index contributed by atoms with van der Waals surface area (Å²) >= 11 is 0. The average molecular weight is 276 g/mol. The quantitative estimate of drug-likeness (QED) is 0.868. The molecular formula is C16H24N2O2. The molecule has 1 aromatic heterocycles. The minimum Gasteiger partial charge on any atom is -0.464 e. The Hall–Kier alpha value is -1.29. The van der Waals surface area contributed by atoms with Gasteiger partial charge in [0.15, 0.2) is 0 Å². The van der Waals surface area contributed by atoms with E-state index < -0.39 is 0 Å². The third-order valence-electron chi connectivity index (χ3n) is 4.36. The van der Waals surface area contributed by atoms with Gasteiger partial charge in [0.2, 0.25) is 5.91 Å². The zero-order chi connectivity index (χ0) is 13.9. The van der Waals surface area contributed by atoms with Crippen molar-refractivity contribution in [1.82, 2.24) is 10.2 Å². The predicted octanol–water partition coefficient (Wildman–Crippen LogP) is 2.47. The van der Waals surface area contributed by atoms with Crippen LogP contribution in [0.15, 0.2) is 16.5 Å². The molecule has 1 aliphatic heterocycles. The second kappa shape index (κ2) is 6.00. The first kappa shape index (κ1) is 13.7. The summed E-state index contributed by atoms with van der Waals surface area (Å²) in [5.74, 6) is 2.81. The summed E-state index contributed by atoms with van der Waals surface area (Å²) < 4.78 is 5.62. The number of hydrogen-bond acceptors (Lipinski definition) is 3. The molecule has 1 saturated heterocycles. The molecule has 1 N–H and O–H groups in total. The van der Waals surface area contributed by atoms with Gasteiger partial charge in [-0.2, -0.15) is 0 Å². The van der Waals surface area contributed by atoms with Gasteiger partial charge in [0.1, 0.15) is 11.5 Å². The van der Waals surface area contributed by atoms with E-state index >= 15 is 0 Å². The van der Waals surface area contributed by atoms with E-state index in [1.54, 1.807) is 0 Å². The van der Waals surface area contributed by atoms with Crippen LogP contribution in [0.5, 0.6) is 0 Å². The highest BCUT2D eigenvalue weighted by Gasteiger charge is 2.33. The van der Waals surface area contributed by atoms with E-state index in [1.807, 2.05) is 24.0 Å². The normalized spacial score (nSPS) is 22.1. The summed E-state index contributed by atoms with van der Waals surface area (Å²) in [6.45, 7) is 4.77. The van der Waals surface area contributed by atoms with Crippen molar-refractivity contribution in [3.63, 3.8) is 0 Å². The molecule has 2 aliphatic rings. The summed E-state index contributed by atoms with van der Waals surface area (Å²) in [6, 6.07) is 4.41. The second-order valence-corrected chi connectivity index (χ2v) is 6.16. The third-order valence-corrected chi connectivity index (χ3v) is 4.36. The van der Waals surface area contributed by atoms with E-state index in [4.69, 9.17) is 4.42 Å². The second-order valence-electron chi connectivity index (χ2n) is 6.16. The van der Waals surface area contributed by atoms with Crippen LogP contribution < -0.4 is 5.32 Å². The zero-order valence-electron chi connectivity index (χ0n) is 12.2. The van der Waals surface area contributed by atoms with Crippen molar-refractivity contribution >= 4 is 5.91 Å². The van der Waals surface area contributed by atoms with Gasteiger partial charge in [-0.25, -0.2) is 0 Å². The van der Waals surface area contributed by atoms with E-state index in [2.05, 4.69) is 5.32 Å². The lowest BCUT2D eigenvalue weighted by atomic mass is 10.0. The number of furan rings is 1. The van der Waals surface area contributed by atoms with Crippen molar-refractivity contribution in [1.29, 1.82) is 0 Å². The molecule has 1 amide bonds. The number of aryl methyl sites for hydroxylation is 1. The van der Waals surface area contributed by atoms with Crippen molar-refractivity contribution in [2.24, 2.45) is 5.92 Å². The molecule has 4 nitrogen and oxygen atoms in total. The van der Waals surface area contributed by atoms with E-state index in [1.165, 1.54) is 6.42 Å². The number of rotatable bonds is 6. The molecule has 3 rings (SSSR count). The Morgan fingerprint density at radius 3 is 2.85 bits per heavy atom. The first-order chi connectivity index (χ1) is 9.72. The number of carbonyl (C=O) groups is 1. The van der Waals surface area contributed by atoms with Gasteiger partial charge in [-0.15, -0.1) is 0 Å². The van der Waals surface area contributed by atoms with Crippen molar-refractivity contribution in [3.05, 3.63) is 23.7 Å². The van der Waals surface area contributed by atoms with Gasteiger partial charge in [0.05, 0.1) is 6.54 Å². The number of carbonyl (C=O) groups excluding carboxylic acids is 1. The first-order valence-electron chi connectivity index (χ1n) is 7.78. The predicted molar refractivity (Wildman–Crippen MR) is 77.2 cm³/mol. The lowest BCUT2D eigenvalue weighted by Crippen LogP contribution is -2.32. The Bertz CT molecular complexity index is 459.